The van der Waals surface area contributed by atoms with Gasteiger partial charge in [0, 0.05) is 54.3 Å². The predicted molar refractivity (Wildman–Crippen MR) is 347 cm³/mol. The van der Waals surface area contributed by atoms with Crippen LogP contribution >= 0.6 is 55.9 Å². The van der Waals surface area contributed by atoms with Crippen LogP contribution in [0.1, 0.15) is 88.7 Å². The molecule has 2 bridgehead atoms. The average Bonchev–Trinajstić information content (AvgIpc) is 1.05. The zero-order valence-corrected chi connectivity index (χ0v) is 57.4. The van der Waals surface area contributed by atoms with Gasteiger partial charge in [0.2, 0.25) is 17.2 Å². The lowest BCUT2D eigenvalue weighted by Crippen LogP contribution is -2.65. The van der Waals surface area contributed by atoms with Crippen molar-refractivity contribution >= 4 is 72.8 Å². The number of halogens is 1. The van der Waals surface area contributed by atoms with E-state index in [4.69, 9.17) is 61.7 Å². The highest BCUT2D eigenvalue weighted by Gasteiger charge is 2.52. The van der Waals surface area contributed by atoms with Gasteiger partial charge in [-0.3, -0.25) is 19.2 Å². The largest absolute Gasteiger partial charge is 0.492 e. The normalized spacial score (nSPS) is 34.3. The number of ether oxygens (including phenoxy) is 12. The fourth-order valence-electron chi connectivity index (χ4n) is 11.7. The summed E-state index contributed by atoms with van der Waals surface area (Å²) in [6.07, 6.45) is -13.1. The highest BCUT2D eigenvalue weighted by atomic mass is 127. The number of aliphatic hydroxyl groups is 5. The number of fused-ring (bicyclic) bond motifs is 2. The number of nitrogens with one attached hydrogen (secondary N) is 2. The van der Waals surface area contributed by atoms with E-state index < -0.39 is 133 Å². The summed E-state index contributed by atoms with van der Waals surface area (Å²) in [5.74, 6) is 10.9. The Kier molecular flexibility index (Phi) is 26.2. The lowest BCUT2D eigenvalue weighted by molar-refractivity contribution is -0.336. The number of allylic oxidation sites excluding steroid dienone is 2. The van der Waals surface area contributed by atoms with Crippen molar-refractivity contribution in [3.63, 3.8) is 0 Å². The number of esters is 1. The third-order valence-corrected chi connectivity index (χ3v) is 22.4. The number of carbonyl (C=O) groups excluding carboxylic acids is 3. The minimum Gasteiger partial charge on any atom is -0.492 e. The molecule has 0 unspecified atom stereocenters. The Hall–Kier alpha value is -3.87. The highest BCUT2D eigenvalue weighted by Crippen LogP contribution is 2.50. The Morgan fingerprint density at radius 1 is 0.857 bits per heavy atom. The van der Waals surface area contributed by atoms with Crippen LogP contribution in [0.5, 0.6) is 17.2 Å². The van der Waals surface area contributed by atoms with Crippen LogP contribution in [0.3, 0.4) is 0 Å². The summed E-state index contributed by atoms with van der Waals surface area (Å²) in [5.41, 5.74) is 2.82. The van der Waals surface area contributed by atoms with Crippen LogP contribution in [0.15, 0.2) is 65.3 Å². The van der Waals surface area contributed by atoms with Gasteiger partial charge in [-0.05, 0) is 94.0 Å². The quantitative estimate of drug-likeness (QED) is 0.0180. The molecule has 4 heterocycles. The van der Waals surface area contributed by atoms with E-state index in [0.717, 1.165) is 17.3 Å². The lowest BCUT2D eigenvalue weighted by Gasteiger charge is -2.46. The standard InChI is InChI=1S/C64H83IN2O21S3/c1-13-66-39-31-81-45(29-43(39)76-8)86-57-52(72)50(67-88-46-28-40(68)59(35(5)82-46)90-60(74)47-32(2)49(65)55(58(80-12)54(47)78-10)87-61-53(73)56(79-11)51(71)34(4)84-61)33(3)83-62(57)85-42-23-19-14-15-20-25-64(75)30-41(69)37(27-44(70)77-9)48(42)38(64)24-26-89-91-63(6,7)36-21-17-16-18-22-36/h14-18,21-22,24,33-35,39-40,42-43,45-46,50-53,56-57,59,61-62,66-68,71-73,75H,13,26-31H2,1-12H3/b15-14-,38-24?/t33-,34+,35-,39+,40+,42+,43+,45+,46+,50-,51+,52+,53-,56-,57-,59-,61+,62+,64+/m1/s1. The smallest absolute Gasteiger partial charge is 0.310 e. The molecular weight excluding hydrogens is 1360 g/mol. The summed E-state index contributed by atoms with van der Waals surface area (Å²) >= 11 is 2.83. The van der Waals surface area contributed by atoms with Crippen molar-refractivity contribution in [2.24, 2.45) is 0 Å². The van der Waals surface area contributed by atoms with E-state index in [1.807, 2.05) is 47.7 Å². The number of ketones is 1. The van der Waals surface area contributed by atoms with E-state index in [1.54, 1.807) is 51.7 Å². The first-order chi connectivity index (χ1) is 43.4. The van der Waals surface area contributed by atoms with Gasteiger partial charge in [-0.2, -0.15) is 5.48 Å². The second-order valence-electron chi connectivity index (χ2n) is 23.0. The summed E-state index contributed by atoms with van der Waals surface area (Å²) in [6, 6.07) is 8.74. The van der Waals surface area contributed by atoms with Gasteiger partial charge >= 0.3 is 5.97 Å². The highest BCUT2D eigenvalue weighted by molar-refractivity contribution is 14.1. The van der Waals surface area contributed by atoms with Crippen molar-refractivity contribution in [1.29, 1.82) is 0 Å². The molecule has 500 valence electrons. The number of aliphatic hydroxyl groups excluding tert-OH is 4. The summed E-state index contributed by atoms with van der Waals surface area (Å²) in [7, 11) is 10.0. The third kappa shape index (κ3) is 16.9. The first kappa shape index (κ1) is 72.9. The van der Waals surface area contributed by atoms with Crippen molar-refractivity contribution in [1.82, 2.24) is 10.8 Å². The molecule has 0 saturated carbocycles. The number of benzene rings is 2. The Balaban J connectivity index is 1.03. The molecule has 2 aromatic carbocycles. The van der Waals surface area contributed by atoms with E-state index in [0.29, 0.717) is 21.4 Å². The van der Waals surface area contributed by atoms with Gasteiger partial charge in [-0.15, -0.1) is 0 Å². The van der Waals surface area contributed by atoms with Gasteiger partial charge in [0.05, 0.1) is 97.8 Å². The summed E-state index contributed by atoms with van der Waals surface area (Å²) in [5, 5.41) is 60.7. The van der Waals surface area contributed by atoms with Gasteiger partial charge in [0.1, 0.15) is 36.6 Å². The van der Waals surface area contributed by atoms with Crippen molar-refractivity contribution in [3.05, 3.63) is 85.5 Å². The monoisotopic (exact) mass is 1440 g/mol. The second kappa shape index (κ2) is 32.7. The molecule has 0 aromatic heterocycles. The fourth-order valence-corrected chi connectivity index (χ4v) is 15.9. The van der Waals surface area contributed by atoms with Gasteiger partial charge in [-0.1, -0.05) is 100 Å². The number of Topliss-reactive ketones (excluding diaryl/α,β-unsaturated/α-hetero) is 1. The van der Waals surface area contributed by atoms with E-state index in [-0.39, 0.29) is 75.9 Å². The van der Waals surface area contributed by atoms with Crippen molar-refractivity contribution < 1.29 is 102 Å². The van der Waals surface area contributed by atoms with Crippen LogP contribution in [0.4, 0.5) is 0 Å². The summed E-state index contributed by atoms with van der Waals surface area (Å²) in [4.78, 5) is 48.3. The molecule has 2 aromatic rings. The molecule has 4 aliphatic heterocycles. The summed E-state index contributed by atoms with van der Waals surface area (Å²) in [6.45, 7) is 13.7. The molecule has 7 N–H and O–H groups in total. The Morgan fingerprint density at radius 3 is 2.24 bits per heavy atom. The zero-order chi connectivity index (χ0) is 66.1. The van der Waals surface area contributed by atoms with Crippen molar-refractivity contribution in [2.75, 3.05) is 54.5 Å². The molecule has 8 rings (SSSR count). The second-order valence-corrected chi connectivity index (χ2v) is 28.2. The first-order valence-electron chi connectivity index (χ1n) is 29.9. The van der Waals surface area contributed by atoms with Gasteiger partial charge < -0.3 is 87.7 Å². The number of methoxy groups -OCH3 is 5. The molecule has 0 radical (unpaired) electrons. The Bertz CT molecular complexity index is 3100. The fraction of sp³-hybridized carbons (Fsp3) is 0.609. The van der Waals surface area contributed by atoms with E-state index in [9.17, 15) is 39.9 Å². The van der Waals surface area contributed by atoms with Crippen molar-refractivity contribution in [3.8, 4) is 40.9 Å². The number of hydrogen-bond donors (Lipinski definition) is 7. The molecule has 4 saturated heterocycles. The SMILES string of the molecule is CCN[C@H]1CO[C@@H](O[C@H]2[C@H](O[C@H]3C#C/C=C\C#C[C@]4(O)CC(=O)C(CC(=O)OC)=C3C4=CCSSC(C)(C)c3ccccc3)O[C@H](C)[C@@H](NO[C@H]3C[C@H](O)[C@H](SC(=O)c4c(C)c(I)c(O[C@@H]5O[C@@H](C)[C@H](O)[C@@H](OC)[C@H]5O)c(OC)c4OC)[C@@H](C)O3)[C@@H]2O)C[C@@H]1OC. The maximum Gasteiger partial charge on any atom is 0.310 e. The van der Waals surface area contributed by atoms with Crippen molar-refractivity contribution in [2.45, 2.75) is 194 Å². The third-order valence-electron chi connectivity index (χ3n) is 16.6. The molecule has 23 nitrogen and oxygen atoms in total. The predicted octanol–water partition coefficient (Wildman–Crippen LogP) is 5.10. The van der Waals surface area contributed by atoms with E-state index >= 15 is 0 Å². The minimum atomic E-state index is -2.06. The van der Waals surface area contributed by atoms with Crippen LogP contribution in [0.2, 0.25) is 0 Å². The molecule has 0 amide bonds. The van der Waals surface area contributed by atoms with E-state index in [2.05, 4.69) is 60.5 Å². The molecule has 4 fully saturated rings. The number of thioether (sulfide) groups is 1. The number of carbonyl (C=O) groups is 3. The van der Waals surface area contributed by atoms with Crippen LogP contribution < -0.4 is 25.0 Å². The molecule has 27 heteroatoms. The van der Waals surface area contributed by atoms with Gasteiger partial charge in [0.15, 0.2) is 41.8 Å². The minimum absolute atomic E-state index is 0.0102. The van der Waals surface area contributed by atoms with Crippen LogP contribution in [-0.2, 0) is 61.8 Å². The maximum absolute atomic E-state index is 14.5. The Morgan fingerprint density at radius 2 is 1.57 bits per heavy atom. The Labute approximate surface area is 556 Å². The lowest BCUT2D eigenvalue weighted by atomic mass is 9.72. The maximum atomic E-state index is 14.5. The van der Waals surface area contributed by atoms with Gasteiger partial charge in [-0.25, -0.2) is 0 Å². The number of hydroxylamine groups is 1. The number of rotatable bonds is 24. The molecule has 2 aliphatic carbocycles. The van der Waals surface area contributed by atoms with E-state index in [1.165, 1.54) is 51.4 Å². The molecule has 0 spiro atoms. The molecule has 19 atom stereocenters. The first-order valence-corrected chi connectivity index (χ1v) is 34.2. The molecule has 91 heavy (non-hydrogen) atoms. The topological polar surface area (TPSA) is 296 Å². The summed E-state index contributed by atoms with van der Waals surface area (Å²) < 4.78 is 72.9. The van der Waals surface area contributed by atoms with Crippen LogP contribution in [0, 0.1) is 34.2 Å². The zero-order valence-electron chi connectivity index (χ0n) is 52.8. The van der Waals surface area contributed by atoms with Crippen LogP contribution in [-0.4, -0.2) is 212 Å². The van der Waals surface area contributed by atoms with Crippen LogP contribution in [0.25, 0.3) is 0 Å². The molecule has 6 aliphatic rings. The number of hydrogen-bond acceptors (Lipinski definition) is 26. The average molecular weight is 1440 g/mol. The number of likely N-dealkylation sites (N-methyl/N-ethyl adjacent to an activating group) is 1. The molecular formula is C64H83IN2O21S3. The van der Waals surface area contributed by atoms with Gasteiger partial charge in [0.25, 0.3) is 0 Å².